The molecule has 0 bridgehead atoms. The van der Waals surface area contributed by atoms with Crippen LogP contribution in [0.1, 0.15) is 58.8 Å². The molecule has 0 aromatic carbocycles. The third kappa shape index (κ3) is 5.78. The molecule has 0 aromatic rings. The molecule has 2 aliphatic carbocycles. The van der Waals surface area contributed by atoms with Crippen molar-refractivity contribution in [3.8, 4) is 0 Å². The lowest BCUT2D eigenvalue weighted by Crippen LogP contribution is -2.47. The van der Waals surface area contributed by atoms with E-state index in [0.29, 0.717) is 18.0 Å². The van der Waals surface area contributed by atoms with Crippen LogP contribution in [0.5, 0.6) is 0 Å². The van der Waals surface area contributed by atoms with E-state index in [-0.39, 0.29) is 6.10 Å². The number of alkyl halides is 3. The van der Waals surface area contributed by atoms with Crippen molar-refractivity contribution < 1.29 is 17.9 Å². The maximum Gasteiger partial charge on any atom is 0.411 e. The van der Waals surface area contributed by atoms with Crippen molar-refractivity contribution in [2.75, 3.05) is 6.61 Å². The van der Waals surface area contributed by atoms with Gasteiger partial charge >= 0.3 is 6.18 Å². The predicted octanol–water partition coefficient (Wildman–Crippen LogP) is 4.29. The molecular formula is C16H28F3NO. The Kier molecular flexibility index (Phi) is 5.95. The van der Waals surface area contributed by atoms with Gasteiger partial charge in [-0.3, -0.25) is 0 Å². The molecule has 2 saturated carbocycles. The van der Waals surface area contributed by atoms with Crippen LogP contribution in [-0.2, 0) is 4.74 Å². The monoisotopic (exact) mass is 307 g/mol. The molecule has 0 amide bonds. The second-order valence-corrected chi connectivity index (χ2v) is 7.08. The maximum absolute atomic E-state index is 12.2. The van der Waals surface area contributed by atoms with Gasteiger partial charge in [-0.05, 0) is 56.8 Å². The van der Waals surface area contributed by atoms with E-state index in [1.165, 1.54) is 19.3 Å². The summed E-state index contributed by atoms with van der Waals surface area (Å²) in [6.45, 7) is 3.48. The van der Waals surface area contributed by atoms with E-state index < -0.39 is 12.8 Å². The van der Waals surface area contributed by atoms with E-state index in [1.54, 1.807) is 0 Å². The molecule has 2 fully saturated rings. The predicted molar refractivity (Wildman–Crippen MR) is 77.2 cm³/mol. The van der Waals surface area contributed by atoms with Gasteiger partial charge in [0, 0.05) is 12.1 Å². The molecule has 5 unspecified atom stereocenters. The number of hydrogen-bond acceptors (Lipinski definition) is 2. The summed E-state index contributed by atoms with van der Waals surface area (Å²) in [5.74, 6) is 1.46. The van der Waals surface area contributed by atoms with Gasteiger partial charge in [-0.2, -0.15) is 13.2 Å². The van der Waals surface area contributed by atoms with Crippen LogP contribution in [-0.4, -0.2) is 31.0 Å². The third-order valence-electron chi connectivity index (χ3n) is 4.99. The molecular weight excluding hydrogens is 279 g/mol. The van der Waals surface area contributed by atoms with Crippen molar-refractivity contribution >= 4 is 0 Å². The van der Waals surface area contributed by atoms with Gasteiger partial charge in [0.15, 0.2) is 0 Å². The highest BCUT2D eigenvalue weighted by molar-refractivity contribution is 4.87. The SMILES string of the molecule is CC1CCC(NC2CCCC(OCC(F)(F)F)C2)C(C)C1. The fraction of sp³-hybridized carbons (Fsp3) is 1.00. The van der Waals surface area contributed by atoms with Gasteiger partial charge in [0.2, 0.25) is 0 Å². The Labute approximate surface area is 125 Å². The highest BCUT2D eigenvalue weighted by Crippen LogP contribution is 2.31. The molecule has 2 nitrogen and oxygen atoms in total. The Morgan fingerprint density at radius 1 is 1.05 bits per heavy atom. The lowest BCUT2D eigenvalue weighted by atomic mass is 9.79. The molecule has 0 radical (unpaired) electrons. The lowest BCUT2D eigenvalue weighted by Gasteiger charge is -2.38. The van der Waals surface area contributed by atoms with Gasteiger partial charge in [0.25, 0.3) is 0 Å². The number of rotatable bonds is 4. The molecule has 5 heteroatoms. The topological polar surface area (TPSA) is 21.3 Å². The molecule has 1 N–H and O–H groups in total. The summed E-state index contributed by atoms with van der Waals surface area (Å²) in [5.41, 5.74) is 0. The van der Waals surface area contributed by atoms with Gasteiger partial charge < -0.3 is 10.1 Å². The number of nitrogens with one attached hydrogen (secondary N) is 1. The van der Waals surface area contributed by atoms with Gasteiger partial charge in [0.1, 0.15) is 6.61 Å². The van der Waals surface area contributed by atoms with Crippen LogP contribution < -0.4 is 5.32 Å². The van der Waals surface area contributed by atoms with Gasteiger partial charge in [-0.1, -0.05) is 13.8 Å². The van der Waals surface area contributed by atoms with Crippen molar-refractivity contribution in [3.63, 3.8) is 0 Å². The van der Waals surface area contributed by atoms with Crippen LogP contribution in [0.2, 0.25) is 0 Å². The van der Waals surface area contributed by atoms with Crippen LogP contribution in [0.15, 0.2) is 0 Å². The summed E-state index contributed by atoms with van der Waals surface area (Å²) < 4.78 is 41.7. The largest absolute Gasteiger partial charge is 0.411 e. The summed E-state index contributed by atoms with van der Waals surface area (Å²) in [4.78, 5) is 0. The lowest BCUT2D eigenvalue weighted by molar-refractivity contribution is -0.188. The molecule has 0 saturated heterocycles. The van der Waals surface area contributed by atoms with E-state index in [1.807, 2.05) is 0 Å². The fourth-order valence-corrected chi connectivity index (χ4v) is 3.88. The molecule has 2 aliphatic rings. The third-order valence-corrected chi connectivity index (χ3v) is 4.99. The van der Waals surface area contributed by atoms with E-state index in [9.17, 15) is 13.2 Å². The summed E-state index contributed by atoms with van der Waals surface area (Å²) in [6, 6.07) is 0.838. The Morgan fingerprint density at radius 2 is 1.81 bits per heavy atom. The Bertz CT molecular complexity index is 321. The van der Waals surface area contributed by atoms with Crippen molar-refractivity contribution in [1.29, 1.82) is 0 Å². The first-order valence-corrected chi connectivity index (χ1v) is 8.28. The first-order valence-electron chi connectivity index (χ1n) is 8.28. The first kappa shape index (κ1) is 17.1. The zero-order valence-electron chi connectivity index (χ0n) is 13.1. The second kappa shape index (κ2) is 7.32. The Balaban J connectivity index is 1.76. The quantitative estimate of drug-likeness (QED) is 0.836. The molecule has 124 valence electrons. The maximum atomic E-state index is 12.2. The number of ether oxygens (including phenoxy) is 1. The average Bonchev–Trinajstić information content (AvgIpc) is 2.39. The van der Waals surface area contributed by atoms with Crippen LogP contribution in [0.25, 0.3) is 0 Å². The number of hydrogen-bond donors (Lipinski definition) is 1. The standard InChI is InChI=1S/C16H28F3NO/c1-11-6-7-15(12(2)8-11)20-13-4-3-5-14(9-13)21-10-16(17,18)19/h11-15,20H,3-10H2,1-2H3. The van der Waals surface area contributed by atoms with Crippen molar-refractivity contribution in [3.05, 3.63) is 0 Å². The van der Waals surface area contributed by atoms with Gasteiger partial charge in [-0.25, -0.2) is 0 Å². The zero-order chi connectivity index (χ0) is 15.5. The normalized spacial score (nSPS) is 38.4. The molecule has 2 rings (SSSR count). The minimum Gasteiger partial charge on any atom is -0.369 e. The molecule has 5 atom stereocenters. The van der Waals surface area contributed by atoms with Crippen LogP contribution in [0, 0.1) is 11.8 Å². The van der Waals surface area contributed by atoms with Crippen molar-refractivity contribution in [2.45, 2.75) is 83.2 Å². The van der Waals surface area contributed by atoms with E-state index >= 15 is 0 Å². The molecule has 0 heterocycles. The minimum absolute atomic E-state index is 0.240. The van der Waals surface area contributed by atoms with E-state index in [2.05, 4.69) is 19.2 Å². The number of halogens is 3. The Hall–Kier alpha value is -0.290. The van der Waals surface area contributed by atoms with Crippen molar-refractivity contribution in [1.82, 2.24) is 5.32 Å². The summed E-state index contributed by atoms with van der Waals surface area (Å²) in [7, 11) is 0. The highest BCUT2D eigenvalue weighted by atomic mass is 19.4. The van der Waals surface area contributed by atoms with Gasteiger partial charge in [-0.15, -0.1) is 0 Å². The van der Waals surface area contributed by atoms with E-state index in [0.717, 1.165) is 31.6 Å². The van der Waals surface area contributed by atoms with Crippen molar-refractivity contribution in [2.24, 2.45) is 11.8 Å². The molecule has 21 heavy (non-hydrogen) atoms. The van der Waals surface area contributed by atoms with Gasteiger partial charge in [0.05, 0.1) is 6.10 Å². The molecule has 0 aliphatic heterocycles. The summed E-state index contributed by atoms with van der Waals surface area (Å²) >= 11 is 0. The summed E-state index contributed by atoms with van der Waals surface area (Å²) in [5, 5.41) is 3.69. The smallest absolute Gasteiger partial charge is 0.369 e. The van der Waals surface area contributed by atoms with Crippen LogP contribution >= 0.6 is 0 Å². The zero-order valence-corrected chi connectivity index (χ0v) is 13.1. The molecule has 0 aromatic heterocycles. The first-order chi connectivity index (χ1) is 9.83. The van der Waals surface area contributed by atoms with Crippen LogP contribution in [0.3, 0.4) is 0 Å². The van der Waals surface area contributed by atoms with Crippen LogP contribution in [0.4, 0.5) is 13.2 Å². The Morgan fingerprint density at radius 3 is 2.48 bits per heavy atom. The average molecular weight is 307 g/mol. The highest BCUT2D eigenvalue weighted by Gasteiger charge is 2.33. The fourth-order valence-electron chi connectivity index (χ4n) is 3.88. The minimum atomic E-state index is -4.21. The van der Waals surface area contributed by atoms with E-state index in [4.69, 9.17) is 4.74 Å². The second-order valence-electron chi connectivity index (χ2n) is 7.08. The molecule has 0 spiro atoms. The summed E-state index contributed by atoms with van der Waals surface area (Å²) in [6.07, 6.45) is 2.72.